The van der Waals surface area contributed by atoms with Gasteiger partial charge in [-0.05, 0) is 25.3 Å². The number of carbonyl (C=O) groups excluding carboxylic acids is 1. The minimum atomic E-state index is -0.179. The van der Waals surface area contributed by atoms with Gasteiger partial charge < -0.3 is 4.74 Å². The number of unbranched alkanes of at least 4 members (excludes halogenated alkanes) is 6. The van der Waals surface area contributed by atoms with Crippen molar-refractivity contribution in [3.63, 3.8) is 0 Å². The first kappa shape index (κ1) is 18.5. The van der Waals surface area contributed by atoms with Gasteiger partial charge in [-0.25, -0.2) is 4.79 Å². The molecule has 2 heteroatoms. The van der Waals surface area contributed by atoms with Gasteiger partial charge in [0.2, 0.25) is 0 Å². The molecule has 0 saturated heterocycles. The molecular weight excluding hydrogens is 272 g/mol. The van der Waals surface area contributed by atoms with Gasteiger partial charge in [0.25, 0.3) is 0 Å². The van der Waals surface area contributed by atoms with E-state index in [2.05, 4.69) is 19.1 Å². The van der Waals surface area contributed by atoms with Crippen molar-refractivity contribution in [2.75, 3.05) is 6.61 Å². The van der Waals surface area contributed by atoms with E-state index in [-0.39, 0.29) is 5.97 Å². The summed E-state index contributed by atoms with van der Waals surface area (Å²) >= 11 is 0. The van der Waals surface area contributed by atoms with Gasteiger partial charge in [0.15, 0.2) is 0 Å². The highest BCUT2D eigenvalue weighted by Crippen LogP contribution is 2.08. The number of carbonyl (C=O) groups is 1. The molecule has 0 spiro atoms. The van der Waals surface area contributed by atoms with Gasteiger partial charge in [0.05, 0.1) is 6.61 Å². The van der Waals surface area contributed by atoms with Gasteiger partial charge in [-0.1, -0.05) is 81.9 Å². The summed E-state index contributed by atoms with van der Waals surface area (Å²) in [5.74, 6) is -0.179. The van der Waals surface area contributed by atoms with Crippen molar-refractivity contribution < 1.29 is 9.53 Å². The molecule has 1 aromatic rings. The number of esters is 1. The zero-order valence-corrected chi connectivity index (χ0v) is 14.1. The number of hydrogen-bond donors (Lipinski definition) is 0. The normalized spacial score (nSPS) is 11.5. The zero-order valence-electron chi connectivity index (χ0n) is 14.1. The van der Waals surface area contributed by atoms with Crippen LogP contribution in [0.5, 0.6) is 0 Å². The molecule has 1 rings (SSSR count). The second kappa shape index (κ2) is 12.0. The minimum Gasteiger partial charge on any atom is -0.462 e. The van der Waals surface area contributed by atoms with Crippen molar-refractivity contribution in [1.29, 1.82) is 0 Å². The first-order valence-electron chi connectivity index (χ1n) is 8.62. The molecule has 0 aliphatic rings. The van der Waals surface area contributed by atoms with Crippen LogP contribution in [0.4, 0.5) is 0 Å². The lowest BCUT2D eigenvalue weighted by Crippen LogP contribution is -2.07. The lowest BCUT2D eigenvalue weighted by atomic mass is 10.1. The van der Waals surface area contributed by atoms with Gasteiger partial charge in [-0.15, -0.1) is 0 Å². The third kappa shape index (κ3) is 8.66. The Morgan fingerprint density at radius 1 is 1.00 bits per heavy atom. The van der Waals surface area contributed by atoms with Crippen molar-refractivity contribution in [3.8, 4) is 0 Å². The summed E-state index contributed by atoms with van der Waals surface area (Å²) in [6, 6.07) is 10.1. The largest absolute Gasteiger partial charge is 0.462 e. The number of allylic oxidation sites excluding steroid dienone is 1. The van der Waals surface area contributed by atoms with E-state index >= 15 is 0 Å². The molecule has 0 aromatic heterocycles. The van der Waals surface area contributed by atoms with Gasteiger partial charge >= 0.3 is 5.97 Å². The highest BCUT2D eigenvalue weighted by Gasteiger charge is 2.05. The molecule has 0 fully saturated rings. The van der Waals surface area contributed by atoms with Crippen LogP contribution in [0.2, 0.25) is 0 Å². The van der Waals surface area contributed by atoms with E-state index in [1.54, 1.807) is 0 Å². The van der Waals surface area contributed by atoms with Gasteiger partial charge in [0, 0.05) is 5.57 Å². The zero-order chi connectivity index (χ0) is 16.0. The van der Waals surface area contributed by atoms with E-state index in [0.29, 0.717) is 12.2 Å². The summed E-state index contributed by atoms with van der Waals surface area (Å²) < 4.78 is 5.31. The Labute approximate surface area is 135 Å². The van der Waals surface area contributed by atoms with Gasteiger partial charge in [-0.2, -0.15) is 0 Å². The minimum absolute atomic E-state index is 0.179. The fourth-order valence-electron chi connectivity index (χ4n) is 2.31. The smallest absolute Gasteiger partial charge is 0.333 e. The van der Waals surface area contributed by atoms with E-state index in [1.807, 2.05) is 31.2 Å². The molecule has 0 saturated carbocycles. The van der Waals surface area contributed by atoms with Crippen LogP contribution in [0.25, 0.3) is 0 Å². The maximum absolute atomic E-state index is 11.8. The monoisotopic (exact) mass is 302 g/mol. The highest BCUT2D eigenvalue weighted by molar-refractivity contribution is 5.87. The SMILES string of the molecule is CCCCCCCCCOC(=O)C(C)=CCc1ccccc1. The first-order chi connectivity index (χ1) is 10.7. The Morgan fingerprint density at radius 2 is 1.64 bits per heavy atom. The maximum atomic E-state index is 11.8. The summed E-state index contributed by atoms with van der Waals surface area (Å²) in [4.78, 5) is 11.8. The van der Waals surface area contributed by atoms with E-state index in [1.165, 1.54) is 37.7 Å². The highest BCUT2D eigenvalue weighted by atomic mass is 16.5. The van der Waals surface area contributed by atoms with Gasteiger partial charge in [0.1, 0.15) is 0 Å². The summed E-state index contributed by atoms with van der Waals surface area (Å²) in [7, 11) is 0. The average Bonchev–Trinajstić information content (AvgIpc) is 2.55. The van der Waals surface area contributed by atoms with Crippen molar-refractivity contribution in [1.82, 2.24) is 0 Å². The molecule has 0 N–H and O–H groups in total. The lowest BCUT2D eigenvalue weighted by molar-refractivity contribution is -0.139. The molecule has 0 amide bonds. The van der Waals surface area contributed by atoms with Crippen LogP contribution in [0.3, 0.4) is 0 Å². The predicted octanol–water partition coefficient (Wildman–Crippen LogP) is 5.47. The lowest BCUT2D eigenvalue weighted by Gasteiger charge is -2.05. The summed E-state index contributed by atoms with van der Waals surface area (Å²) in [6.07, 6.45) is 11.4. The third-order valence-corrected chi connectivity index (χ3v) is 3.79. The van der Waals surface area contributed by atoms with Crippen LogP contribution in [0, 0.1) is 0 Å². The van der Waals surface area contributed by atoms with Crippen molar-refractivity contribution in [2.45, 2.75) is 65.2 Å². The number of ether oxygens (including phenoxy) is 1. The van der Waals surface area contributed by atoms with E-state index in [0.717, 1.165) is 19.3 Å². The van der Waals surface area contributed by atoms with Gasteiger partial charge in [-0.3, -0.25) is 0 Å². The second-order valence-corrected chi connectivity index (χ2v) is 5.83. The summed E-state index contributed by atoms with van der Waals surface area (Å²) in [5, 5.41) is 0. The summed E-state index contributed by atoms with van der Waals surface area (Å²) in [6.45, 7) is 4.60. The molecule has 0 heterocycles. The van der Waals surface area contributed by atoms with Crippen molar-refractivity contribution in [3.05, 3.63) is 47.5 Å². The number of hydrogen-bond acceptors (Lipinski definition) is 2. The average molecular weight is 302 g/mol. The van der Waals surface area contributed by atoms with Crippen LogP contribution >= 0.6 is 0 Å². The maximum Gasteiger partial charge on any atom is 0.333 e. The quantitative estimate of drug-likeness (QED) is 0.308. The molecule has 1 aromatic carbocycles. The van der Waals surface area contributed by atoms with Crippen LogP contribution < -0.4 is 0 Å². The molecule has 0 atom stereocenters. The molecule has 0 radical (unpaired) electrons. The van der Waals surface area contributed by atoms with Crippen LogP contribution in [-0.2, 0) is 16.0 Å². The molecule has 0 aliphatic carbocycles. The van der Waals surface area contributed by atoms with Crippen LogP contribution in [-0.4, -0.2) is 12.6 Å². The molecule has 2 nitrogen and oxygen atoms in total. The van der Waals surface area contributed by atoms with Crippen molar-refractivity contribution >= 4 is 5.97 Å². The summed E-state index contributed by atoms with van der Waals surface area (Å²) in [5.41, 5.74) is 1.91. The molecule has 0 bridgehead atoms. The Kier molecular flexibility index (Phi) is 10.1. The second-order valence-electron chi connectivity index (χ2n) is 5.83. The third-order valence-electron chi connectivity index (χ3n) is 3.79. The van der Waals surface area contributed by atoms with Crippen LogP contribution in [0.15, 0.2) is 42.0 Å². The molecule has 0 unspecified atom stereocenters. The topological polar surface area (TPSA) is 26.3 Å². The molecular formula is C20H30O2. The van der Waals surface area contributed by atoms with Crippen LogP contribution in [0.1, 0.15) is 64.4 Å². The number of benzene rings is 1. The Hall–Kier alpha value is -1.57. The van der Waals surface area contributed by atoms with E-state index < -0.39 is 0 Å². The molecule has 22 heavy (non-hydrogen) atoms. The fraction of sp³-hybridized carbons (Fsp3) is 0.550. The Morgan fingerprint density at radius 3 is 2.32 bits per heavy atom. The van der Waals surface area contributed by atoms with Crippen molar-refractivity contribution in [2.24, 2.45) is 0 Å². The Balaban J connectivity index is 2.11. The first-order valence-corrected chi connectivity index (χ1v) is 8.62. The van der Waals surface area contributed by atoms with E-state index in [9.17, 15) is 4.79 Å². The Bertz CT molecular complexity index is 434. The number of rotatable bonds is 11. The molecule has 122 valence electrons. The standard InChI is InChI=1S/C20H30O2/c1-3-4-5-6-7-8-12-17-22-20(21)18(2)15-16-19-13-10-9-11-14-19/h9-11,13-15H,3-8,12,16-17H2,1-2H3. The molecule has 0 aliphatic heterocycles. The fourth-order valence-corrected chi connectivity index (χ4v) is 2.31. The van der Waals surface area contributed by atoms with E-state index in [4.69, 9.17) is 4.74 Å². The predicted molar refractivity (Wildman–Crippen MR) is 92.9 cm³/mol.